The number of hydrogen-bond donors (Lipinski definition) is 1. The summed E-state index contributed by atoms with van der Waals surface area (Å²) in [6.07, 6.45) is 0.887. The Morgan fingerprint density at radius 3 is 2.50 bits per heavy atom. The van der Waals surface area contributed by atoms with E-state index in [1.165, 1.54) is 0 Å². The maximum absolute atomic E-state index is 12.4. The zero-order valence-electron chi connectivity index (χ0n) is 11.6. The molecule has 1 heterocycles. The summed E-state index contributed by atoms with van der Waals surface area (Å²) >= 11 is 5.89. The van der Waals surface area contributed by atoms with Gasteiger partial charge in [0.05, 0.1) is 18.0 Å². The number of rotatable bonds is 5. The number of aromatic nitrogens is 2. The molecule has 20 heavy (non-hydrogen) atoms. The van der Waals surface area contributed by atoms with Crippen molar-refractivity contribution in [3.05, 3.63) is 45.3 Å². The van der Waals surface area contributed by atoms with E-state index in [9.17, 15) is 4.79 Å². The van der Waals surface area contributed by atoms with Crippen molar-refractivity contribution in [3.63, 3.8) is 0 Å². The van der Waals surface area contributed by atoms with Crippen molar-refractivity contribution >= 4 is 17.3 Å². The number of nitrogens with two attached hydrogens (primary N) is 1. The Labute approximate surface area is 122 Å². The smallest absolute Gasteiger partial charge is 0.294 e. The highest BCUT2D eigenvalue weighted by Crippen LogP contribution is 2.17. The zero-order chi connectivity index (χ0) is 14.7. The molecule has 5 nitrogen and oxygen atoms in total. The highest BCUT2D eigenvalue weighted by molar-refractivity contribution is 6.30. The molecular formula is C14H18ClN3O2. The molecule has 0 saturated carbocycles. The molecular weight excluding hydrogens is 278 g/mol. The molecule has 0 unspecified atom stereocenters. The summed E-state index contributed by atoms with van der Waals surface area (Å²) in [6.45, 7) is 3.04. The Bertz CT molecular complexity index is 644. The minimum atomic E-state index is -0.229. The third-order valence-electron chi connectivity index (χ3n) is 3.07. The monoisotopic (exact) mass is 295 g/mol. The molecule has 0 spiro atoms. The number of benzene rings is 1. The van der Waals surface area contributed by atoms with Crippen LogP contribution in [-0.2, 0) is 17.9 Å². The molecule has 0 aliphatic rings. The molecule has 2 N–H and O–H groups in total. The molecule has 0 fully saturated rings. The number of nitrogens with zero attached hydrogens (tertiary/aromatic N) is 2. The number of halogens is 1. The Morgan fingerprint density at radius 2 is 1.95 bits per heavy atom. The maximum atomic E-state index is 12.4. The van der Waals surface area contributed by atoms with Crippen molar-refractivity contribution in [1.82, 2.24) is 9.36 Å². The molecule has 0 amide bonds. The third-order valence-corrected chi connectivity index (χ3v) is 3.33. The van der Waals surface area contributed by atoms with Crippen LogP contribution in [0.15, 0.2) is 29.1 Å². The van der Waals surface area contributed by atoms with Crippen molar-refractivity contribution < 1.29 is 4.74 Å². The first kappa shape index (κ1) is 14.7. The fourth-order valence-electron chi connectivity index (χ4n) is 2.18. The van der Waals surface area contributed by atoms with Crippen LogP contribution in [0.5, 0.6) is 0 Å². The van der Waals surface area contributed by atoms with Gasteiger partial charge in [0.25, 0.3) is 5.56 Å². The van der Waals surface area contributed by atoms with Crippen molar-refractivity contribution in [1.29, 1.82) is 0 Å². The molecule has 1 aromatic carbocycles. The van der Waals surface area contributed by atoms with Crippen molar-refractivity contribution in [2.75, 3.05) is 12.8 Å². The molecule has 108 valence electrons. The molecule has 6 heteroatoms. The molecule has 0 bridgehead atoms. The normalized spacial score (nSPS) is 10.9. The molecule has 0 atom stereocenters. The Morgan fingerprint density at radius 1 is 1.30 bits per heavy atom. The average Bonchev–Trinajstić information content (AvgIpc) is 2.66. The van der Waals surface area contributed by atoms with Crippen LogP contribution in [0.4, 0.5) is 5.69 Å². The van der Waals surface area contributed by atoms with Gasteiger partial charge in [0.2, 0.25) is 0 Å². The molecule has 0 aliphatic carbocycles. The average molecular weight is 296 g/mol. The minimum Gasteiger partial charge on any atom is -0.393 e. The van der Waals surface area contributed by atoms with Gasteiger partial charge in [-0.3, -0.25) is 9.48 Å². The quantitative estimate of drug-likeness (QED) is 0.921. The zero-order valence-corrected chi connectivity index (χ0v) is 12.4. The van der Waals surface area contributed by atoms with Crippen LogP contribution >= 0.6 is 11.6 Å². The van der Waals surface area contributed by atoms with Gasteiger partial charge < -0.3 is 10.5 Å². The summed E-state index contributed by atoms with van der Waals surface area (Å²) in [6, 6.07) is 7.09. The third kappa shape index (κ3) is 2.59. The molecule has 2 rings (SSSR count). The fourth-order valence-corrected chi connectivity index (χ4v) is 2.31. The molecule has 0 radical (unpaired) electrons. The first-order valence-electron chi connectivity index (χ1n) is 6.45. The minimum absolute atomic E-state index is 0.229. The maximum Gasteiger partial charge on any atom is 0.294 e. The van der Waals surface area contributed by atoms with Crippen molar-refractivity contribution in [3.8, 4) is 5.69 Å². The summed E-state index contributed by atoms with van der Waals surface area (Å²) < 4.78 is 8.58. The summed E-state index contributed by atoms with van der Waals surface area (Å²) in [5, 5.41) is 0.625. The largest absolute Gasteiger partial charge is 0.393 e. The highest BCUT2D eigenvalue weighted by atomic mass is 35.5. The van der Waals surface area contributed by atoms with Crippen LogP contribution in [0.2, 0.25) is 5.02 Å². The lowest BCUT2D eigenvalue weighted by Crippen LogP contribution is -2.22. The number of methoxy groups -OCH3 is 1. The van der Waals surface area contributed by atoms with Crippen molar-refractivity contribution in [2.45, 2.75) is 26.5 Å². The predicted octanol–water partition coefficient (Wildman–Crippen LogP) is 2.43. The van der Waals surface area contributed by atoms with Crippen LogP contribution < -0.4 is 11.3 Å². The summed E-state index contributed by atoms with van der Waals surface area (Å²) in [5.74, 6) is 0. The van der Waals surface area contributed by atoms with Gasteiger partial charge in [-0.05, 0) is 30.7 Å². The second-order valence-electron chi connectivity index (χ2n) is 4.51. The van der Waals surface area contributed by atoms with Gasteiger partial charge in [-0.15, -0.1) is 0 Å². The lowest BCUT2D eigenvalue weighted by atomic mass is 10.3. The van der Waals surface area contributed by atoms with Crippen LogP contribution in [-0.4, -0.2) is 16.5 Å². The van der Waals surface area contributed by atoms with Gasteiger partial charge in [0.1, 0.15) is 5.69 Å². The van der Waals surface area contributed by atoms with Crippen LogP contribution in [0.25, 0.3) is 5.69 Å². The van der Waals surface area contributed by atoms with Crippen molar-refractivity contribution in [2.24, 2.45) is 0 Å². The predicted molar refractivity (Wildman–Crippen MR) is 80.5 cm³/mol. The lowest BCUT2D eigenvalue weighted by molar-refractivity contribution is 0.176. The van der Waals surface area contributed by atoms with Gasteiger partial charge in [-0.25, -0.2) is 4.68 Å². The van der Waals surface area contributed by atoms with E-state index in [-0.39, 0.29) is 11.2 Å². The highest BCUT2D eigenvalue weighted by Gasteiger charge is 2.18. The van der Waals surface area contributed by atoms with E-state index in [0.717, 1.165) is 12.1 Å². The van der Waals surface area contributed by atoms with E-state index in [1.54, 1.807) is 36.1 Å². The fraction of sp³-hybridized carbons (Fsp3) is 0.357. The molecule has 0 saturated heterocycles. The van der Waals surface area contributed by atoms with E-state index in [2.05, 4.69) is 0 Å². The van der Waals surface area contributed by atoms with Gasteiger partial charge in [0, 0.05) is 18.7 Å². The number of anilines is 1. The second kappa shape index (κ2) is 6.15. The van der Waals surface area contributed by atoms with Crippen LogP contribution in [0, 0.1) is 0 Å². The lowest BCUT2D eigenvalue weighted by Gasteiger charge is -2.13. The van der Waals surface area contributed by atoms with Gasteiger partial charge in [-0.2, -0.15) is 0 Å². The Balaban J connectivity index is 2.64. The Kier molecular flexibility index (Phi) is 4.52. The van der Waals surface area contributed by atoms with E-state index in [4.69, 9.17) is 22.1 Å². The standard InChI is InChI=1S/C14H18ClN3O2/c1-3-8-17-12(9-20-2)13(16)14(19)18(17)11-6-4-10(15)5-7-11/h4-7H,3,8-9,16H2,1-2H3. The van der Waals surface area contributed by atoms with Gasteiger partial charge in [0.15, 0.2) is 0 Å². The van der Waals surface area contributed by atoms with Crippen LogP contribution in [0.3, 0.4) is 0 Å². The van der Waals surface area contributed by atoms with E-state index >= 15 is 0 Å². The molecule has 2 aromatic rings. The first-order valence-corrected chi connectivity index (χ1v) is 6.83. The summed E-state index contributed by atoms with van der Waals surface area (Å²) in [4.78, 5) is 12.4. The second-order valence-corrected chi connectivity index (χ2v) is 4.95. The van der Waals surface area contributed by atoms with Crippen LogP contribution in [0.1, 0.15) is 19.0 Å². The van der Waals surface area contributed by atoms with E-state index < -0.39 is 0 Å². The van der Waals surface area contributed by atoms with Gasteiger partial charge in [-0.1, -0.05) is 18.5 Å². The van der Waals surface area contributed by atoms with Gasteiger partial charge >= 0.3 is 0 Å². The SMILES string of the molecule is CCCn1c(COC)c(N)c(=O)n1-c1ccc(Cl)cc1. The summed E-state index contributed by atoms with van der Waals surface area (Å²) in [5.41, 5.74) is 7.37. The topological polar surface area (TPSA) is 62.2 Å². The van der Waals surface area contributed by atoms with E-state index in [1.807, 2.05) is 11.6 Å². The van der Waals surface area contributed by atoms with E-state index in [0.29, 0.717) is 23.9 Å². The number of ether oxygens (including phenoxy) is 1. The molecule has 1 aromatic heterocycles. The number of hydrogen-bond acceptors (Lipinski definition) is 3. The Hall–Kier alpha value is -1.72. The first-order chi connectivity index (χ1) is 9.60. The molecule has 0 aliphatic heterocycles. The number of nitrogen functional groups attached to an aromatic ring is 1. The summed E-state index contributed by atoms with van der Waals surface area (Å²) in [7, 11) is 1.58.